The van der Waals surface area contributed by atoms with E-state index in [0.29, 0.717) is 16.5 Å². The van der Waals surface area contributed by atoms with E-state index in [4.69, 9.17) is 21.9 Å². The minimum Gasteiger partial charge on any atom is -0.456 e. The van der Waals surface area contributed by atoms with E-state index in [-0.39, 0.29) is 5.76 Å². The maximum Gasteiger partial charge on any atom is 0.300 e. The summed E-state index contributed by atoms with van der Waals surface area (Å²) < 4.78 is 5.35. The fraction of sp³-hybridized carbons (Fsp3) is 0.154. The summed E-state index contributed by atoms with van der Waals surface area (Å²) in [6.45, 7) is 1.82. The molecule has 0 atom stereocenters. The van der Waals surface area contributed by atoms with Gasteiger partial charge in [0.15, 0.2) is 5.76 Å². The minimum absolute atomic E-state index is 0.224. The van der Waals surface area contributed by atoms with Gasteiger partial charge in [0.1, 0.15) is 5.76 Å². The van der Waals surface area contributed by atoms with Crippen LogP contribution in [0.25, 0.3) is 0 Å². The number of aryl methyl sites for hydroxylation is 1. The van der Waals surface area contributed by atoms with Crippen molar-refractivity contribution >= 4 is 29.3 Å². The second-order valence-corrected chi connectivity index (χ2v) is 5.40. The Kier molecular flexibility index (Phi) is 4.52. The number of hydrogen-bond acceptors (Lipinski definition) is 4. The van der Waals surface area contributed by atoms with Gasteiger partial charge in [0.2, 0.25) is 0 Å². The number of nitrogens with two attached hydrogens (primary N) is 1. The van der Waals surface area contributed by atoms with Crippen molar-refractivity contribution < 1.29 is 9.21 Å². The molecule has 2 aromatic rings. The van der Waals surface area contributed by atoms with Crippen LogP contribution in [0.1, 0.15) is 21.9 Å². The zero-order chi connectivity index (χ0) is 13.8. The van der Waals surface area contributed by atoms with Gasteiger partial charge < -0.3 is 4.42 Å². The number of carbonyl (C=O) groups is 1. The van der Waals surface area contributed by atoms with Gasteiger partial charge in [0, 0.05) is 21.2 Å². The number of amides is 1. The van der Waals surface area contributed by atoms with Crippen molar-refractivity contribution in [2.45, 2.75) is 17.6 Å². The quantitative estimate of drug-likeness (QED) is 0.394. The normalized spacial score (nSPS) is 10.5. The number of furan rings is 1. The lowest BCUT2D eigenvalue weighted by atomic mass is 10.3. The number of benzene rings is 1. The Morgan fingerprint density at radius 1 is 1.47 bits per heavy atom. The first-order valence-electron chi connectivity index (χ1n) is 5.59. The molecular weight excluding hydrogens is 284 g/mol. The summed E-state index contributed by atoms with van der Waals surface area (Å²) in [6, 6.07) is 9.32. The molecule has 4 nitrogen and oxygen atoms in total. The molecule has 100 valence electrons. The highest BCUT2D eigenvalue weighted by Gasteiger charge is 2.13. The number of rotatable bonds is 4. The molecule has 1 aromatic carbocycles. The molecule has 1 heterocycles. The van der Waals surface area contributed by atoms with E-state index in [0.717, 1.165) is 10.5 Å². The van der Waals surface area contributed by atoms with E-state index in [1.54, 1.807) is 17.8 Å². The minimum atomic E-state index is -0.429. The van der Waals surface area contributed by atoms with Crippen molar-refractivity contribution in [1.82, 2.24) is 5.43 Å². The van der Waals surface area contributed by atoms with Crippen molar-refractivity contribution in [2.24, 2.45) is 5.84 Å². The number of halogens is 1. The maximum atomic E-state index is 11.3. The van der Waals surface area contributed by atoms with Crippen molar-refractivity contribution in [3.05, 3.63) is 52.4 Å². The second kappa shape index (κ2) is 6.14. The first-order chi connectivity index (χ1) is 9.10. The standard InChI is InChI=1S/C13H13ClN2O2S/c1-8-9(5-12(18-8)13(17)16-15)7-19-11-4-2-3-10(14)6-11/h2-6H,7,15H2,1H3,(H,16,17). The SMILES string of the molecule is Cc1oc(C(=O)NN)cc1CSc1cccc(Cl)c1. The molecule has 2 rings (SSSR count). The molecule has 0 saturated heterocycles. The van der Waals surface area contributed by atoms with Crippen LogP contribution in [0.4, 0.5) is 0 Å². The molecule has 0 aliphatic heterocycles. The van der Waals surface area contributed by atoms with E-state index in [1.807, 2.05) is 36.6 Å². The molecule has 1 aromatic heterocycles. The largest absolute Gasteiger partial charge is 0.456 e. The third-order valence-corrected chi connectivity index (χ3v) is 3.84. The summed E-state index contributed by atoms with van der Waals surface area (Å²) in [5, 5.41) is 0.706. The van der Waals surface area contributed by atoms with Crippen LogP contribution in [0.15, 0.2) is 39.6 Å². The molecule has 6 heteroatoms. The molecule has 0 fully saturated rings. The molecule has 1 amide bonds. The molecule has 3 N–H and O–H groups in total. The van der Waals surface area contributed by atoms with Crippen LogP contribution < -0.4 is 11.3 Å². The molecular formula is C13H13ClN2O2S. The Hall–Kier alpha value is -1.43. The monoisotopic (exact) mass is 296 g/mol. The zero-order valence-electron chi connectivity index (χ0n) is 10.3. The second-order valence-electron chi connectivity index (χ2n) is 3.91. The Morgan fingerprint density at radius 2 is 2.26 bits per heavy atom. The summed E-state index contributed by atoms with van der Waals surface area (Å²) in [7, 11) is 0. The van der Waals surface area contributed by atoms with E-state index >= 15 is 0 Å². The van der Waals surface area contributed by atoms with Gasteiger partial charge in [-0.3, -0.25) is 10.2 Å². The van der Waals surface area contributed by atoms with E-state index in [1.165, 1.54) is 0 Å². The predicted octanol–water partition coefficient (Wildman–Crippen LogP) is 3.14. The average Bonchev–Trinajstić information content (AvgIpc) is 2.77. The zero-order valence-corrected chi connectivity index (χ0v) is 11.8. The first-order valence-corrected chi connectivity index (χ1v) is 6.95. The van der Waals surface area contributed by atoms with Crippen LogP contribution in [-0.2, 0) is 5.75 Å². The van der Waals surface area contributed by atoms with Crippen LogP contribution >= 0.6 is 23.4 Å². The molecule has 19 heavy (non-hydrogen) atoms. The van der Waals surface area contributed by atoms with Gasteiger partial charge in [-0.1, -0.05) is 17.7 Å². The van der Waals surface area contributed by atoms with Gasteiger partial charge in [0.25, 0.3) is 0 Å². The lowest BCUT2D eigenvalue weighted by Crippen LogP contribution is -2.29. The fourth-order valence-corrected chi connectivity index (χ4v) is 2.81. The highest BCUT2D eigenvalue weighted by atomic mass is 35.5. The number of hydrogen-bond donors (Lipinski definition) is 2. The predicted molar refractivity (Wildman–Crippen MR) is 76.1 cm³/mol. The van der Waals surface area contributed by atoms with Gasteiger partial charge in [-0.25, -0.2) is 5.84 Å². The lowest BCUT2D eigenvalue weighted by molar-refractivity contribution is 0.0924. The molecule has 0 radical (unpaired) electrons. The van der Waals surface area contributed by atoms with Crippen molar-refractivity contribution in [3.63, 3.8) is 0 Å². The average molecular weight is 297 g/mol. The molecule has 0 unspecified atom stereocenters. The third-order valence-electron chi connectivity index (χ3n) is 2.57. The van der Waals surface area contributed by atoms with Crippen LogP contribution in [0.5, 0.6) is 0 Å². The molecule has 0 saturated carbocycles. The summed E-state index contributed by atoms with van der Waals surface area (Å²) >= 11 is 7.55. The number of hydrazine groups is 1. The summed E-state index contributed by atoms with van der Waals surface area (Å²) in [5.74, 6) is 6.28. The summed E-state index contributed by atoms with van der Waals surface area (Å²) in [4.78, 5) is 12.4. The Balaban J connectivity index is 2.07. The van der Waals surface area contributed by atoms with Gasteiger partial charge >= 0.3 is 5.91 Å². The Bertz CT molecular complexity index is 598. The van der Waals surface area contributed by atoms with Crippen molar-refractivity contribution in [2.75, 3.05) is 0 Å². The molecule has 0 aliphatic rings. The number of nitrogen functional groups attached to an aromatic ring is 1. The smallest absolute Gasteiger partial charge is 0.300 e. The fourth-order valence-electron chi connectivity index (χ4n) is 1.56. The van der Waals surface area contributed by atoms with Gasteiger partial charge in [-0.05, 0) is 31.2 Å². The topological polar surface area (TPSA) is 68.3 Å². The third kappa shape index (κ3) is 3.53. The lowest BCUT2D eigenvalue weighted by Gasteiger charge is -2.00. The van der Waals surface area contributed by atoms with E-state index in [9.17, 15) is 4.79 Å². The Labute approximate surface area is 120 Å². The van der Waals surface area contributed by atoms with E-state index < -0.39 is 5.91 Å². The Morgan fingerprint density at radius 3 is 2.95 bits per heavy atom. The number of carbonyl (C=O) groups excluding carboxylic acids is 1. The van der Waals surface area contributed by atoms with Crippen LogP contribution in [0, 0.1) is 6.92 Å². The van der Waals surface area contributed by atoms with Gasteiger partial charge in [-0.15, -0.1) is 11.8 Å². The molecule has 0 aliphatic carbocycles. The van der Waals surface area contributed by atoms with Crippen LogP contribution in [0.2, 0.25) is 5.02 Å². The highest BCUT2D eigenvalue weighted by molar-refractivity contribution is 7.98. The maximum absolute atomic E-state index is 11.3. The molecule has 0 spiro atoms. The molecule has 0 bridgehead atoms. The number of thioether (sulfide) groups is 1. The highest BCUT2D eigenvalue weighted by Crippen LogP contribution is 2.27. The number of nitrogens with one attached hydrogen (secondary N) is 1. The van der Waals surface area contributed by atoms with Gasteiger partial charge in [0.05, 0.1) is 0 Å². The summed E-state index contributed by atoms with van der Waals surface area (Å²) in [5.41, 5.74) is 3.01. The first kappa shape index (κ1) is 14.0. The van der Waals surface area contributed by atoms with Crippen molar-refractivity contribution in [3.8, 4) is 0 Å². The van der Waals surface area contributed by atoms with Crippen molar-refractivity contribution in [1.29, 1.82) is 0 Å². The van der Waals surface area contributed by atoms with E-state index in [2.05, 4.69) is 0 Å². The van der Waals surface area contributed by atoms with Crippen LogP contribution in [0.3, 0.4) is 0 Å². The van der Waals surface area contributed by atoms with Gasteiger partial charge in [-0.2, -0.15) is 0 Å². The van der Waals surface area contributed by atoms with Crippen LogP contribution in [-0.4, -0.2) is 5.91 Å². The summed E-state index contributed by atoms with van der Waals surface area (Å²) in [6.07, 6.45) is 0.